The average Bonchev–Trinajstić information content (AvgIpc) is 3.50. The summed E-state index contributed by atoms with van der Waals surface area (Å²) in [5, 5.41) is 13.1. The Morgan fingerprint density at radius 2 is 1.70 bits per heavy atom. The van der Waals surface area contributed by atoms with Crippen LogP contribution in [0, 0.1) is 17.3 Å². The number of nitrogen functional groups attached to an aromatic ring is 1. The molecule has 0 bridgehead atoms. The molecule has 1 atom stereocenters. The van der Waals surface area contributed by atoms with Crippen LogP contribution < -0.4 is 16.0 Å². The minimum Gasteiger partial charge on any atom is -0.398 e. The minimum absolute atomic E-state index is 0. The first kappa shape index (κ1) is 44.6. The second kappa shape index (κ2) is 23.1. The van der Waals surface area contributed by atoms with Gasteiger partial charge in [-0.3, -0.25) is 4.90 Å². The molecule has 1 saturated heterocycles. The first-order valence-electron chi connectivity index (χ1n) is 17.5. The number of piperazine rings is 1. The van der Waals surface area contributed by atoms with Crippen LogP contribution in [0.5, 0.6) is 0 Å². The summed E-state index contributed by atoms with van der Waals surface area (Å²) in [7, 11) is 2.17. The molecule has 0 amide bonds. The van der Waals surface area contributed by atoms with Gasteiger partial charge < -0.3 is 37.1 Å². The molecule has 1 aromatic carbocycles. The molecule has 1 unspecified atom stereocenters. The van der Waals surface area contributed by atoms with Crippen molar-refractivity contribution in [2.45, 2.75) is 94.5 Å². The fraction of sp³-hybridized carbons (Fsp3) is 0.711. The van der Waals surface area contributed by atoms with E-state index in [4.69, 9.17) is 10.5 Å². The Labute approximate surface area is 298 Å². The number of aliphatic hydroxyl groups excluding tert-OH is 1. The summed E-state index contributed by atoms with van der Waals surface area (Å²) < 4.78 is 6.00. The van der Waals surface area contributed by atoms with Gasteiger partial charge in [0.2, 0.25) is 0 Å². The quantitative estimate of drug-likeness (QED) is 0.129. The number of nitrogens with zero attached hydrogens (tertiary/aromatic N) is 3. The van der Waals surface area contributed by atoms with Crippen LogP contribution in [0.25, 0.3) is 5.57 Å². The Morgan fingerprint density at radius 1 is 1.09 bits per heavy atom. The third-order valence-electron chi connectivity index (χ3n) is 8.08. The van der Waals surface area contributed by atoms with Crippen molar-refractivity contribution < 1.29 is 30.9 Å². The van der Waals surface area contributed by atoms with Gasteiger partial charge >= 0.3 is 0 Å². The monoisotopic (exact) mass is 813 g/mol. The van der Waals surface area contributed by atoms with E-state index in [9.17, 15) is 5.11 Å². The third kappa shape index (κ3) is 15.7. The maximum atomic E-state index is 9.48. The number of anilines is 2. The number of nitrogens with two attached hydrogens (primary N) is 1. The maximum Gasteiger partial charge on any atom is 0.0539 e. The molecule has 2 aliphatic heterocycles. The number of hydrogen-bond donors (Lipinski definition) is 3. The zero-order chi connectivity index (χ0) is 34.0. The van der Waals surface area contributed by atoms with Crippen LogP contribution in [0.2, 0.25) is 0 Å². The van der Waals surface area contributed by atoms with E-state index < -0.39 is 0 Å². The summed E-state index contributed by atoms with van der Waals surface area (Å²) in [5.41, 5.74) is 12.4. The molecule has 7 nitrogen and oxygen atoms in total. The predicted octanol–water partition coefficient (Wildman–Crippen LogP) is 7.09. The largest absolute Gasteiger partial charge is 0.398 e. The topological polar surface area (TPSA) is 77.2 Å². The van der Waals surface area contributed by atoms with Crippen LogP contribution >= 0.6 is 0 Å². The molecule has 8 heteroatoms. The van der Waals surface area contributed by atoms with Gasteiger partial charge in [0, 0.05) is 120 Å². The predicted molar refractivity (Wildman–Crippen MR) is 198 cm³/mol. The maximum absolute atomic E-state index is 9.48. The van der Waals surface area contributed by atoms with Crippen molar-refractivity contribution in [2.75, 3.05) is 83.3 Å². The molecule has 0 spiro atoms. The number of unbranched alkanes of at least 4 members (excludes halogenated alkanes) is 1. The Balaban J connectivity index is 0.00000318. The number of benzene rings is 1. The fourth-order valence-electron chi connectivity index (χ4n) is 5.52. The average molecular weight is 813 g/mol. The van der Waals surface area contributed by atoms with Crippen molar-refractivity contribution in [3.63, 3.8) is 0 Å². The summed E-state index contributed by atoms with van der Waals surface area (Å²) in [5.74, 6) is 0. The zero-order valence-corrected chi connectivity index (χ0v) is 34.3. The Hall–Kier alpha value is -1.37. The van der Waals surface area contributed by atoms with Crippen LogP contribution in [0.15, 0.2) is 36.0 Å². The molecule has 0 aromatic heterocycles. The van der Waals surface area contributed by atoms with Gasteiger partial charge in [0.05, 0.1) is 19.8 Å². The fourth-order valence-corrected chi connectivity index (χ4v) is 5.52. The van der Waals surface area contributed by atoms with Gasteiger partial charge in [-0.25, -0.2) is 0 Å². The van der Waals surface area contributed by atoms with E-state index in [0.29, 0.717) is 19.3 Å². The molecule has 4 N–H and O–H groups in total. The van der Waals surface area contributed by atoms with Crippen molar-refractivity contribution in [3.05, 3.63) is 48.0 Å². The Bertz CT molecular complexity index is 1020. The van der Waals surface area contributed by atoms with E-state index in [0.717, 1.165) is 63.5 Å². The second-order valence-electron chi connectivity index (χ2n) is 14.1. The number of ether oxygens (including phenoxy) is 1. The van der Waals surface area contributed by atoms with Crippen LogP contribution in [0.3, 0.4) is 0 Å². The van der Waals surface area contributed by atoms with Gasteiger partial charge in [-0.15, -0.1) is 0 Å². The van der Waals surface area contributed by atoms with Gasteiger partial charge in [0.1, 0.15) is 0 Å². The van der Waals surface area contributed by atoms with Gasteiger partial charge in [0.25, 0.3) is 0 Å². The minimum atomic E-state index is -0.191. The van der Waals surface area contributed by atoms with Gasteiger partial charge in [0.15, 0.2) is 0 Å². The van der Waals surface area contributed by atoms with Crippen molar-refractivity contribution in [1.82, 2.24) is 15.1 Å². The number of nitrogens with one attached hydrogen (secondary N) is 1. The third-order valence-corrected chi connectivity index (χ3v) is 8.08. The summed E-state index contributed by atoms with van der Waals surface area (Å²) >= 11 is 0. The van der Waals surface area contributed by atoms with E-state index in [2.05, 4.69) is 85.2 Å². The molecule has 0 radical (unpaired) electrons. The summed E-state index contributed by atoms with van der Waals surface area (Å²) in [4.78, 5) is 7.32. The molecule has 1 fully saturated rings. The molecule has 3 rings (SSSR count). The van der Waals surface area contributed by atoms with Crippen LogP contribution in [0.4, 0.5) is 11.4 Å². The van der Waals surface area contributed by atoms with E-state index in [1.807, 2.05) is 48.0 Å². The SMILES string of the molecule is CC.CCCCN(C)/C=C(\C1=CC(CC)NC1)c1ccc(N2CCN(CC(C)(C)COCC(C)(C)CO)CC2)cc1N.C[CH-]C.[W]. The molecule has 266 valence electrons. The molecular weight excluding hydrogens is 742 g/mol. The molecule has 1 aromatic rings. The first-order chi connectivity index (χ1) is 21.4. The normalized spacial score (nSPS) is 17.3. The summed E-state index contributed by atoms with van der Waals surface area (Å²) in [6.45, 7) is 29.5. The van der Waals surface area contributed by atoms with Gasteiger partial charge in [-0.1, -0.05) is 74.0 Å². The van der Waals surface area contributed by atoms with E-state index in [-0.39, 0.29) is 38.5 Å². The molecule has 0 aliphatic carbocycles. The molecule has 46 heavy (non-hydrogen) atoms. The van der Waals surface area contributed by atoms with Crippen LogP contribution in [-0.4, -0.2) is 93.6 Å². The van der Waals surface area contributed by atoms with E-state index >= 15 is 0 Å². The number of hydrogen-bond acceptors (Lipinski definition) is 7. The zero-order valence-electron chi connectivity index (χ0n) is 31.4. The molecular formula is C38H70N5O2W-. The smallest absolute Gasteiger partial charge is 0.0539 e. The molecule has 0 saturated carbocycles. The van der Waals surface area contributed by atoms with Crippen molar-refractivity contribution in [2.24, 2.45) is 10.8 Å². The van der Waals surface area contributed by atoms with Crippen molar-refractivity contribution >= 4 is 16.9 Å². The molecule has 2 aliphatic rings. The number of rotatable bonds is 15. The van der Waals surface area contributed by atoms with E-state index in [1.54, 1.807) is 0 Å². The Kier molecular flexibility index (Phi) is 22.4. The van der Waals surface area contributed by atoms with Gasteiger partial charge in [-0.2, -0.15) is 13.8 Å². The van der Waals surface area contributed by atoms with Crippen molar-refractivity contribution in [1.29, 1.82) is 0 Å². The standard InChI is InChI=1S/C33H57N5O2.C3H7.C2H6.W/c1-8-10-13-36(7)21-30(26-18-27(9-2)35-20-26)29-12-11-28(19-31(29)34)38-16-14-37(15-17-38)22-32(3,4)24-40-25-33(5,6)23-39;1-3-2;1-2;/h11-12,18-19,21,27,35,39H,8-10,13-17,20,22-25,34H2,1-7H3;3H,1-2H3;1-2H3;/q;-1;;/b30-21+;;;. The Morgan fingerprint density at radius 3 is 2.22 bits per heavy atom. The van der Waals surface area contributed by atoms with Crippen LogP contribution in [-0.2, 0) is 25.8 Å². The first-order valence-corrected chi connectivity index (χ1v) is 17.5. The second-order valence-corrected chi connectivity index (χ2v) is 14.1. The summed E-state index contributed by atoms with van der Waals surface area (Å²) in [6, 6.07) is 7.08. The van der Waals surface area contributed by atoms with Crippen molar-refractivity contribution in [3.8, 4) is 0 Å². The molecule has 2 heterocycles. The summed E-state index contributed by atoms with van der Waals surface area (Å²) in [6.07, 6.45) is 10.1. The number of aliphatic hydroxyl groups is 1. The van der Waals surface area contributed by atoms with Gasteiger partial charge in [-0.05, 0) is 30.5 Å². The van der Waals surface area contributed by atoms with Crippen LogP contribution in [0.1, 0.15) is 94.1 Å². The van der Waals surface area contributed by atoms with E-state index in [1.165, 1.54) is 29.7 Å².